The Kier molecular flexibility index (Phi) is 15.4. The Hall–Kier alpha value is -3.44. The van der Waals surface area contributed by atoms with E-state index >= 15 is 0 Å². The molecule has 5 N–H and O–H groups in total. The van der Waals surface area contributed by atoms with Gasteiger partial charge in [0.15, 0.2) is 11.1 Å². The molecule has 0 radical (unpaired) electrons. The summed E-state index contributed by atoms with van der Waals surface area (Å²) in [7, 11) is 4.90. The fourth-order valence-corrected chi connectivity index (χ4v) is 7.35. The minimum atomic E-state index is -2.09. The summed E-state index contributed by atoms with van der Waals surface area (Å²) in [5.74, 6) is -0.593. The van der Waals surface area contributed by atoms with Crippen molar-refractivity contribution in [2.24, 2.45) is 11.3 Å². The van der Waals surface area contributed by atoms with Crippen LogP contribution in [0, 0.1) is 11.3 Å². The molecule has 0 bridgehead atoms. The van der Waals surface area contributed by atoms with Crippen molar-refractivity contribution in [1.29, 1.82) is 0 Å². The second-order valence-electron chi connectivity index (χ2n) is 14.6. The fraction of sp³-hybridized carbons (Fsp3) is 0.605. The van der Waals surface area contributed by atoms with Gasteiger partial charge in [0.1, 0.15) is 6.04 Å². The molecule has 2 aromatic heterocycles. The van der Waals surface area contributed by atoms with Crippen LogP contribution in [-0.4, -0.2) is 95.3 Å². The first-order valence-corrected chi connectivity index (χ1v) is 19.7. The van der Waals surface area contributed by atoms with Crippen LogP contribution in [-0.2, 0) is 47.8 Å². The van der Waals surface area contributed by atoms with Crippen molar-refractivity contribution in [2.75, 3.05) is 51.6 Å². The van der Waals surface area contributed by atoms with Gasteiger partial charge in [0, 0.05) is 67.6 Å². The van der Waals surface area contributed by atoms with Gasteiger partial charge in [0.05, 0.1) is 35.9 Å². The van der Waals surface area contributed by atoms with Crippen molar-refractivity contribution in [3.63, 3.8) is 0 Å². The molecule has 0 aliphatic carbocycles. The van der Waals surface area contributed by atoms with E-state index in [0.717, 1.165) is 46.4 Å². The summed E-state index contributed by atoms with van der Waals surface area (Å²) < 4.78 is 41.6. The Bertz CT molecular complexity index is 1710. The summed E-state index contributed by atoms with van der Waals surface area (Å²) in [5, 5.41) is 7.01. The molecule has 1 aromatic carbocycles. The highest BCUT2D eigenvalue weighted by molar-refractivity contribution is 7.79. The van der Waals surface area contributed by atoms with Gasteiger partial charge in [-0.1, -0.05) is 27.7 Å². The molecule has 0 saturated carbocycles. The zero-order valence-corrected chi connectivity index (χ0v) is 33.5. The summed E-state index contributed by atoms with van der Waals surface area (Å²) in [5.41, 5.74) is 11.0. The summed E-state index contributed by atoms with van der Waals surface area (Å²) in [6.45, 7) is 13.9. The standard InChI is InChI=1S/C38H59N7O7S/c1-10-44-31-16-15-26(45(19-20-53(48)49)37(51-9)42-35(46)32(39-7)24(2)3)21-28(31)29(34(44)27-13-11-17-40-33(27)25(4)50-8)22-38(5,6)23-52-36(47)30-14-12-18-41-43-30/h11,13,15-17,21,24-25,30,32,37,39,41,43H,10,12,14,18-20,22-23H2,1-9H3,(H,42,46)(H,48,49)/t25-,30-,32-,37?/m0/s1. The number of nitrogens with one attached hydrogen (secondary N) is 4. The highest BCUT2D eigenvalue weighted by Crippen LogP contribution is 2.41. The summed E-state index contributed by atoms with van der Waals surface area (Å²) in [6, 6.07) is 9.14. The van der Waals surface area contributed by atoms with Gasteiger partial charge in [0.25, 0.3) is 0 Å². The molecule has 1 amide bonds. The topological polar surface area (TPSA) is 168 Å². The van der Waals surface area contributed by atoms with Crippen molar-refractivity contribution in [3.8, 4) is 11.3 Å². The first-order chi connectivity index (χ1) is 25.3. The molecule has 1 fully saturated rings. The number of esters is 1. The molecule has 5 atom stereocenters. The Morgan fingerprint density at radius 3 is 2.55 bits per heavy atom. The quantitative estimate of drug-likeness (QED) is 0.0676. The normalized spacial score (nSPS) is 17.4. The molecule has 3 heterocycles. The maximum atomic E-state index is 13.4. The number of ether oxygens (including phenoxy) is 3. The van der Waals surface area contributed by atoms with E-state index in [9.17, 15) is 18.4 Å². The number of hydrazine groups is 1. The second kappa shape index (κ2) is 19.2. The third kappa shape index (κ3) is 10.4. The van der Waals surface area contributed by atoms with Gasteiger partial charge in [-0.05, 0) is 82.0 Å². The van der Waals surface area contributed by atoms with Crippen LogP contribution in [0.25, 0.3) is 22.2 Å². The van der Waals surface area contributed by atoms with Crippen LogP contribution in [0.4, 0.5) is 5.69 Å². The van der Waals surface area contributed by atoms with Crippen molar-refractivity contribution >= 4 is 39.5 Å². The molecular formula is C38H59N7O7S. The van der Waals surface area contributed by atoms with Gasteiger partial charge in [-0.25, -0.2) is 9.63 Å². The summed E-state index contributed by atoms with van der Waals surface area (Å²) in [6.07, 6.45) is 2.69. The number of anilines is 1. The van der Waals surface area contributed by atoms with Gasteiger partial charge in [-0.15, -0.1) is 0 Å². The number of carbonyl (C=O) groups is 2. The van der Waals surface area contributed by atoms with Crippen LogP contribution in [0.5, 0.6) is 0 Å². The SMILES string of the molecule is CCn1c(-c2cccnc2[C@H](C)OC)c(CC(C)(C)COC(=O)[C@@H]2CCCNN2)c2cc(N(CCS(=O)O)C(NC(=O)[C@@H](NC)C(C)C)OC)ccc21. The number of likely N-dealkylation sites (N-methyl/N-ethyl adjacent to an activating group) is 1. The lowest BCUT2D eigenvalue weighted by atomic mass is 9.84. The maximum Gasteiger partial charge on any atom is 0.324 e. The first-order valence-electron chi connectivity index (χ1n) is 18.4. The average Bonchev–Trinajstić information content (AvgIpc) is 3.44. The molecule has 1 saturated heterocycles. The molecule has 53 heavy (non-hydrogen) atoms. The number of hydrogen-bond donors (Lipinski definition) is 5. The van der Waals surface area contributed by atoms with E-state index in [4.69, 9.17) is 19.2 Å². The molecule has 1 aliphatic rings. The third-order valence-electron chi connectivity index (χ3n) is 9.79. The van der Waals surface area contributed by atoms with E-state index in [2.05, 4.69) is 52.9 Å². The minimum Gasteiger partial charge on any atom is -0.464 e. The number of nitrogens with zero attached hydrogens (tertiary/aromatic N) is 3. The predicted octanol–water partition coefficient (Wildman–Crippen LogP) is 4.12. The number of aromatic nitrogens is 2. The third-order valence-corrected chi connectivity index (χ3v) is 10.3. The van der Waals surface area contributed by atoms with E-state index < -0.39 is 34.9 Å². The van der Waals surface area contributed by atoms with Gasteiger partial charge in [0.2, 0.25) is 12.3 Å². The Labute approximate surface area is 316 Å². The van der Waals surface area contributed by atoms with Crippen LogP contribution in [0.1, 0.15) is 71.7 Å². The van der Waals surface area contributed by atoms with Gasteiger partial charge >= 0.3 is 5.97 Å². The van der Waals surface area contributed by atoms with E-state index in [1.54, 1.807) is 25.3 Å². The number of hydrogen-bond acceptors (Lipinski definition) is 11. The van der Waals surface area contributed by atoms with E-state index in [1.807, 2.05) is 45.0 Å². The second-order valence-corrected chi connectivity index (χ2v) is 15.7. The summed E-state index contributed by atoms with van der Waals surface area (Å²) >= 11 is -2.09. The maximum absolute atomic E-state index is 13.4. The number of rotatable bonds is 19. The molecule has 15 heteroatoms. The number of fused-ring (bicyclic) bond motifs is 1. The molecule has 0 spiro atoms. The van der Waals surface area contributed by atoms with E-state index in [1.165, 1.54) is 7.11 Å². The molecule has 14 nitrogen and oxygen atoms in total. The highest BCUT2D eigenvalue weighted by Gasteiger charge is 2.32. The lowest BCUT2D eigenvalue weighted by molar-refractivity contribution is -0.150. The molecule has 294 valence electrons. The minimum absolute atomic E-state index is 0.0125. The molecule has 4 rings (SSSR count). The lowest BCUT2D eigenvalue weighted by Gasteiger charge is -2.34. The van der Waals surface area contributed by atoms with Crippen LogP contribution < -0.4 is 26.4 Å². The number of amides is 1. The Morgan fingerprint density at radius 1 is 1.19 bits per heavy atom. The van der Waals surface area contributed by atoms with Gasteiger partial charge < -0.3 is 38.9 Å². The van der Waals surface area contributed by atoms with Crippen LogP contribution in [0.3, 0.4) is 0 Å². The molecule has 1 aliphatic heterocycles. The molecule has 2 unspecified atom stereocenters. The molecular weight excluding hydrogens is 699 g/mol. The Balaban J connectivity index is 1.88. The van der Waals surface area contributed by atoms with Crippen LogP contribution in [0.2, 0.25) is 0 Å². The Morgan fingerprint density at radius 2 is 1.94 bits per heavy atom. The van der Waals surface area contributed by atoms with Crippen molar-refractivity contribution in [2.45, 2.75) is 91.9 Å². The zero-order chi connectivity index (χ0) is 38.9. The number of aryl methyl sites for hydroxylation is 1. The van der Waals surface area contributed by atoms with E-state index in [-0.39, 0.29) is 42.8 Å². The van der Waals surface area contributed by atoms with Crippen LogP contribution in [0.15, 0.2) is 36.5 Å². The van der Waals surface area contributed by atoms with Crippen molar-refractivity contribution in [1.82, 2.24) is 31.0 Å². The number of methoxy groups -OCH3 is 2. The number of benzene rings is 1. The number of carbonyl (C=O) groups excluding carboxylic acids is 2. The highest BCUT2D eigenvalue weighted by atomic mass is 32.2. The fourth-order valence-electron chi connectivity index (χ4n) is 7.00. The first kappa shape index (κ1) is 42.3. The summed E-state index contributed by atoms with van der Waals surface area (Å²) in [4.78, 5) is 33.0. The number of pyridine rings is 1. The zero-order valence-electron chi connectivity index (χ0n) is 32.7. The lowest BCUT2D eigenvalue weighted by Crippen LogP contribution is -2.56. The van der Waals surface area contributed by atoms with Crippen molar-refractivity contribution < 1.29 is 32.6 Å². The van der Waals surface area contributed by atoms with Gasteiger partial charge in [-0.3, -0.25) is 20.0 Å². The van der Waals surface area contributed by atoms with Gasteiger partial charge in [-0.2, -0.15) is 0 Å². The smallest absolute Gasteiger partial charge is 0.324 e. The van der Waals surface area contributed by atoms with Crippen molar-refractivity contribution in [3.05, 3.63) is 47.8 Å². The van der Waals surface area contributed by atoms with Crippen LogP contribution >= 0.6 is 0 Å². The predicted molar refractivity (Wildman–Crippen MR) is 208 cm³/mol. The molecule has 3 aromatic rings. The monoisotopic (exact) mass is 757 g/mol. The average molecular weight is 758 g/mol. The van der Waals surface area contributed by atoms with E-state index in [0.29, 0.717) is 25.1 Å². The largest absolute Gasteiger partial charge is 0.464 e.